The molecule has 0 saturated carbocycles. The Morgan fingerprint density at radius 2 is 2.11 bits per heavy atom. The molecule has 1 fully saturated rings. The van der Waals surface area contributed by atoms with Gasteiger partial charge in [0.05, 0.1) is 0 Å². The van der Waals surface area contributed by atoms with E-state index >= 15 is 0 Å². The van der Waals surface area contributed by atoms with Gasteiger partial charge in [0.2, 0.25) is 5.95 Å². The first-order chi connectivity index (χ1) is 9.29. The summed E-state index contributed by atoms with van der Waals surface area (Å²) in [5.41, 5.74) is 1.12. The van der Waals surface area contributed by atoms with Crippen molar-refractivity contribution in [1.82, 2.24) is 9.97 Å². The van der Waals surface area contributed by atoms with Crippen LogP contribution < -0.4 is 10.6 Å². The number of aromatic nitrogens is 2. The highest BCUT2D eigenvalue weighted by molar-refractivity contribution is 7.99. The van der Waals surface area contributed by atoms with E-state index in [2.05, 4.69) is 46.2 Å². The van der Waals surface area contributed by atoms with Crippen LogP contribution in [0.25, 0.3) is 0 Å². The summed E-state index contributed by atoms with van der Waals surface area (Å²) in [7, 11) is 0. The van der Waals surface area contributed by atoms with E-state index in [4.69, 9.17) is 0 Å². The van der Waals surface area contributed by atoms with Crippen LogP contribution in [-0.2, 0) is 0 Å². The Balaban J connectivity index is 1.90. The van der Waals surface area contributed by atoms with Crippen LogP contribution in [0, 0.1) is 12.8 Å². The Bertz CT molecular complexity index is 391. The molecule has 106 valence electrons. The molecule has 0 unspecified atom stereocenters. The third-order valence-corrected chi connectivity index (χ3v) is 4.45. The molecule has 1 aliphatic heterocycles. The molecule has 19 heavy (non-hydrogen) atoms. The van der Waals surface area contributed by atoms with Crippen molar-refractivity contribution >= 4 is 23.5 Å². The Morgan fingerprint density at radius 1 is 1.32 bits per heavy atom. The van der Waals surface area contributed by atoms with Gasteiger partial charge in [0.15, 0.2) is 0 Å². The predicted octanol–water partition coefficient (Wildman–Crippen LogP) is 3.16. The van der Waals surface area contributed by atoms with Crippen LogP contribution in [0.1, 0.15) is 31.7 Å². The van der Waals surface area contributed by atoms with E-state index in [1.807, 2.05) is 6.20 Å². The molecule has 0 spiro atoms. The molecule has 1 saturated heterocycles. The fourth-order valence-electron chi connectivity index (χ4n) is 2.13. The molecular weight excluding hydrogens is 256 g/mol. The van der Waals surface area contributed by atoms with E-state index in [1.54, 1.807) is 0 Å². The molecule has 0 atom stereocenters. The second-order valence-electron chi connectivity index (χ2n) is 5.09. The second-order valence-corrected chi connectivity index (χ2v) is 6.31. The van der Waals surface area contributed by atoms with Gasteiger partial charge >= 0.3 is 0 Å². The Hall–Kier alpha value is -0.970. The number of rotatable bonds is 6. The molecule has 1 aliphatic rings. The van der Waals surface area contributed by atoms with Crippen LogP contribution in [0.5, 0.6) is 0 Å². The Morgan fingerprint density at radius 3 is 2.84 bits per heavy atom. The van der Waals surface area contributed by atoms with Crippen molar-refractivity contribution in [3.05, 3.63) is 11.8 Å². The van der Waals surface area contributed by atoms with E-state index in [0.717, 1.165) is 42.8 Å². The van der Waals surface area contributed by atoms with Crippen molar-refractivity contribution in [3.8, 4) is 0 Å². The summed E-state index contributed by atoms with van der Waals surface area (Å²) in [6.07, 6.45) is 5.62. The minimum atomic E-state index is 0.731. The molecule has 0 bridgehead atoms. The van der Waals surface area contributed by atoms with Gasteiger partial charge in [-0.1, -0.05) is 6.92 Å². The molecule has 2 heterocycles. The lowest BCUT2D eigenvalue weighted by molar-refractivity contribution is 0.515. The highest BCUT2D eigenvalue weighted by Gasteiger charge is 2.14. The normalized spacial score (nSPS) is 16.3. The standard InChI is InChI=1S/C14H24N4S/c1-3-6-15-14-17-9-11(2)13(18-14)16-10-12-4-7-19-8-5-12/h9,12H,3-8,10H2,1-2H3,(H2,15,16,17,18). The van der Waals surface area contributed by atoms with Gasteiger partial charge in [-0.2, -0.15) is 16.7 Å². The van der Waals surface area contributed by atoms with Crippen molar-refractivity contribution in [1.29, 1.82) is 0 Å². The molecular formula is C14H24N4S. The summed E-state index contributed by atoms with van der Waals surface area (Å²) in [5.74, 6) is 5.11. The molecule has 0 amide bonds. The summed E-state index contributed by atoms with van der Waals surface area (Å²) in [6, 6.07) is 0. The van der Waals surface area contributed by atoms with Crippen LogP contribution in [-0.4, -0.2) is 34.6 Å². The molecule has 1 aromatic rings. The first-order valence-electron chi connectivity index (χ1n) is 7.18. The third kappa shape index (κ3) is 4.56. The molecule has 1 aromatic heterocycles. The zero-order valence-electron chi connectivity index (χ0n) is 11.9. The van der Waals surface area contributed by atoms with E-state index in [1.165, 1.54) is 24.3 Å². The van der Waals surface area contributed by atoms with Crippen molar-refractivity contribution in [2.75, 3.05) is 35.2 Å². The van der Waals surface area contributed by atoms with Gasteiger partial charge in [0, 0.05) is 24.8 Å². The van der Waals surface area contributed by atoms with Crippen molar-refractivity contribution in [2.45, 2.75) is 33.1 Å². The average Bonchev–Trinajstić information content (AvgIpc) is 2.46. The van der Waals surface area contributed by atoms with Gasteiger partial charge in [-0.05, 0) is 43.6 Å². The Labute approximate surface area is 120 Å². The zero-order valence-corrected chi connectivity index (χ0v) is 12.7. The van der Waals surface area contributed by atoms with Crippen LogP contribution in [0.4, 0.5) is 11.8 Å². The monoisotopic (exact) mass is 280 g/mol. The van der Waals surface area contributed by atoms with E-state index in [9.17, 15) is 0 Å². The summed E-state index contributed by atoms with van der Waals surface area (Å²) >= 11 is 2.07. The zero-order chi connectivity index (χ0) is 13.5. The molecule has 0 radical (unpaired) electrons. The van der Waals surface area contributed by atoms with E-state index in [-0.39, 0.29) is 0 Å². The number of nitrogens with one attached hydrogen (secondary N) is 2. The largest absolute Gasteiger partial charge is 0.369 e. The maximum atomic E-state index is 4.56. The maximum absolute atomic E-state index is 4.56. The van der Waals surface area contributed by atoms with Gasteiger partial charge in [0.1, 0.15) is 5.82 Å². The molecule has 2 rings (SSSR count). The highest BCUT2D eigenvalue weighted by Crippen LogP contribution is 2.23. The SMILES string of the molecule is CCCNc1ncc(C)c(NCC2CCSCC2)n1. The van der Waals surface area contributed by atoms with Gasteiger partial charge in [-0.25, -0.2) is 4.98 Å². The first-order valence-corrected chi connectivity index (χ1v) is 8.34. The topological polar surface area (TPSA) is 49.8 Å². The first kappa shape index (κ1) is 14.4. The predicted molar refractivity (Wildman–Crippen MR) is 84.1 cm³/mol. The number of hydrogen-bond donors (Lipinski definition) is 2. The number of hydrogen-bond acceptors (Lipinski definition) is 5. The smallest absolute Gasteiger partial charge is 0.224 e. The molecule has 0 aromatic carbocycles. The number of aryl methyl sites for hydroxylation is 1. The molecule has 4 nitrogen and oxygen atoms in total. The summed E-state index contributed by atoms with van der Waals surface area (Å²) < 4.78 is 0. The minimum Gasteiger partial charge on any atom is -0.369 e. The van der Waals surface area contributed by atoms with Gasteiger partial charge in [-0.3, -0.25) is 0 Å². The summed E-state index contributed by atoms with van der Waals surface area (Å²) in [5, 5.41) is 6.73. The van der Waals surface area contributed by atoms with E-state index < -0.39 is 0 Å². The average molecular weight is 280 g/mol. The minimum absolute atomic E-state index is 0.731. The Kier molecular flexibility index (Phi) is 5.76. The van der Waals surface area contributed by atoms with Crippen molar-refractivity contribution in [3.63, 3.8) is 0 Å². The quantitative estimate of drug-likeness (QED) is 0.838. The fraction of sp³-hybridized carbons (Fsp3) is 0.714. The number of anilines is 2. The van der Waals surface area contributed by atoms with Gasteiger partial charge in [-0.15, -0.1) is 0 Å². The lowest BCUT2D eigenvalue weighted by atomic mass is 10.0. The third-order valence-electron chi connectivity index (χ3n) is 3.40. The summed E-state index contributed by atoms with van der Waals surface area (Å²) in [4.78, 5) is 8.86. The molecule has 2 N–H and O–H groups in total. The second kappa shape index (κ2) is 7.58. The van der Waals surface area contributed by atoms with Crippen LogP contribution in [0.15, 0.2) is 6.20 Å². The van der Waals surface area contributed by atoms with Gasteiger partial charge < -0.3 is 10.6 Å². The lowest BCUT2D eigenvalue weighted by Crippen LogP contribution is -2.20. The summed E-state index contributed by atoms with van der Waals surface area (Å²) in [6.45, 7) is 6.15. The van der Waals surface area contributed by atoms with Crippen LogP contribution >= 0.6 is 11.8 Å². The molecule has 5 heteroatoms. The maximum Gasteiger partial charge on any atom is 0.224 e. The number of thioether (sulfide) groups is 1. The fourth-order valence-corrected chi connectivity index (χ4v) is 3.34. The van der Waals surface area contributed by atoms with Crippen LogP contribution in [0.2, 0.25) is 0 Å². The lowest BCUT2D eigenvalue weighted by Gasteiger charge is -2.22. The van der Waals surface area contributed by atoms with E-state index in [0.29, 0.717) is 0 Å². The van der Waals surface area contributed by atoms with Crippen molar-refractivity contribution < 1.29 is 0 Å². The molecule has 0 aliphatic carbocycles. The van der Waals surface area contributed by atoms with Crippen molar-refractivity contribution in [2.24, 2.45) is 5.92 Å². The van der Waals surface area contributed by atoms with Crippen LogP contribution in [0.3, 0.4) is 0 Å². The number of nitrogens with zero attached hydrogens (tertiary/aromatic N) is 2. The highest BCUT2D eigenvalue weighted by atomic mass is 32.2. The van der Waals surface area contributed by atoms with Gasteiger partial charge in [0.25, 0.3) is 0 Å².